The molecular weight excluding hydrogens is 888 g/mol. The van der Waals surface area contributed by atoms with Gasteiger partial charge >= 0.3 is 0 Å². The minimum absolute atomic E-state index is 0. The summed E-state index contributed by atoms with van der Waals surface area (Å²) in [6, 6.07) is 13.1. The minimum Gasteiger partial charge on any atom is -0.357 e. The van der Waals surface area contributed by atoms with E-state index in [0.717, 1.165) is 0 Å². The Morgan fingerprint density at radius 3 is 0.735 bits per heavy atom. The Labute approximate surface area is 330 Å². The van der Waals surface area contributed by atoms with Crippen molar-refractivity contribution in [3.05, 3.63) is 88.7 Å². The van der Waals surface area contributed by atoms with Gasteiger partial charge in [0.05, 0.1) is 43.4 Å². The zero-order chi connectivity index (χ0) is 33.2. The zero-order valence-electron chi connectivity index (χ0n) is 23.5. The molecule has 0 spiro atoms. The third-order valence-corrected chi connectivity index (χ3v) is 10.4. The maximum atomic E-state index is 6.74. The first-order valence-electron chi connectivity index (χ1n) is 13.7. The molecule has 8 nitrogen and oxygen atoms in total. The predicted molar refractivity (Wildman–Crippen MR) is 194 cm³/mol. The molecule has 0 saturated carbocycles. The van der Waals surface area contributed by atoms with Crippen molar-refractivity contribution in [3.63, 3.8) is 0 Å². The molecule has 0 saturated heterocycles. The summed E-state index contributed by atoms with van der Waals surface area (Å²) in [5.74, 6) is 0.682. The van der Waals surface area contributed by atoms with Crippen molar-refractivity contribution in [2.75, 3.05) is 0 Å². The molecule has 4 aromatic carbocycles. The summed E-state index contributed by atoms with van der Waals surface area (Å²) in [5.41, 5.74) is 2.40. The van der Waals surface area contributed by atoms with Crippen molar-refractivity contribution < 1.29 is 22.4 Å². The second kappa shape index (κ2) is 12.2. The normalized spacial score (nSPS) is 11.9. The number of fused-ring (bicyclic) bond motifs is 20. The van der Waals surface area contributed by atoms with Crippen LogP contribution < -0.4 is 9.97 Å². The first kappa shape index (κ1) is 33.4. The molecule has 0 atom stereocenters. The molecule has 1 radical (unpaired) electrons. The first-order valence-corrected chi connectivity index (χ1v) is 16.8. The summed E-state index contributed by atoms with van der Waals surface area (Å²) in [5, 5.41) is 4.34. The van der Waals surface area contributed by atoms with Gasteiger partial charge in [-0.25, -0.2) is 9.97 Å². The van der Waals surface area contributed by atoms with E-state index in [1.807, 2.05) is 0 Å². The monoisotopic (exact) mass is 891 g/mol. The average molecular weight is 896 g/mol. The Morgan fingerprint density at radius 1 is 0.306 bits per heavy atom. The van der Waals surface area contributed by atoms with Gasteiger partial charge in [0.25, 0.3) is 0 Å². The fraction of sp³-hybridized carbons (Fsp3) is 0. The van der Waals surface area contributed by atoms with Crippen LogP contribution in [0.15, 0.2) is 48.5 Å². The number of halogens is 8. The maximum absolute atomic E-state index is 6.74. The smallest absolute Gasteiger partial charge is 0.0943 e. The topological polar surface area (TPSA) is 106 Å². The van der Waals surface area contributed by atoms with Gasteiger partial charge in [-0.15, -0.1) is 0 Å². The third kappa shape index (κ3) is 5.08. The summed E-state index contributed by atoms with van der Waals surface area (Å²) >= 11 is 53.9. The Hall–Kier alpha value is -2.70. The van der Waals surface area contributed by atoms with E-state index in [2.05, 4.69) is 0 Å². The quantitative estimate of drug-likeness (QED) is 0.139. The molecule has 0 amide bonds. The van der Waals surface area contributed by atoms with Gasteiger partial charge in [0.15, 0.2) is 0 Å². The van der Waals surface area contributed by atoms with Gasteiger partial charge in [-0.1, -0.05) is 92.8 Å². The average Bonchev–Trinajstić information content (AvgIpc) is 3.80. The number of hydrogen-bond donors (Lipinski definition) is 0. The van der Waals surface area contributed by atoms with Crippen LogP contribution in [0.4, 0.5) is 0 Å². The summed E-state index contributed by atoms with van der Waals surface area (Å²) in [7, 11) is 0. The van der Waals surface area contributed by atoms with Gasteiger partial charge in [0.1, 0.15) is 0 Å². The fourth-order valence-electron chi connectivity index (χ4n) is 5.85. The van der Waals surface area contributed by atoms with Gasteiger partial charge in [0, 0.05) is 109 Å². The van der Waals surface area contributed by atoms with E-state index >= 15 is 0 Å². The van der Waals surface area contributed by atoms with Crippen molar-refractivity contribution >= 4 is 137 Å². The molecule has 0 aliphatic carbocycles. The van der Waals surface area contributed by atoms with Crippen LogP contribution >= 0.6 is 92.8 Å². The van der Waals surface area contributed by atoms with Gasteiger partial charge in [-0.2, -0.15) is 0 Å². The first-order chi connectivity index (χ1) is 23.1. The van der Waals surface area contributed by atoms with Crippen molar-refractivity contribution in [1.29, 1.82) is 0 Å². The number of nitrogens with zero attached hydrogens (tertiary/aromatic N) is 8. The summed E-state index contributed by atoms with van der Waals surface area (Å²) in [6.07, 6.45) is 0. The van der Waals surface area contributed by atoms with Crippen molar-refractivity contribution in [1.82, 2.24) is 39.9 Å². The Bertz CT molecular complexity index is 2430. The molecule has 0 fully saturated rings. The summed E-state index contributed by atoms with van der Waals surface area (Å²) in [6.45, 7) is 0. The second-order valence-electron chi connectivity index (χ2n) is 10.6. The molecule has 0 N–H and O–H groups in total. The molecule has 9 rings (SSSR count). The van der Waals surface area contributed by atoms with E-state index in [4.69, 9.17) is 133 Å². The SMILES string of the molecule is Clc1ccc(Cl)c2c1-c1nc-2nc2[n-]c(nc3nc(nc4[n-]c(n1)c1c(Cl)ccc(Cl)c41)-c1c(Cl)ccc(Cl)c1-3)c1c(Cl)ccc(Cl)c21.[Ag]. The molecule has 3 aromatic heterocycles. The van der Waals surface area contributed by atoms with E-state index in [-0.39, 0.29) is 68.3 Å². The van der Waals surface area contributed by atoms with E-state index in [0.29, 0.717) is 84.0 Å². The van der Waals surface area contributed by atoms with Crippen LogP contribution in [-0.4, -0.2) is 29.9 Å². The van der Waals surface area contributed by atoms with Gasteiger partial charge in [0.2, 0.25) is 0 Å². The van der Waals surface area contributed by atoms with Crippen LogP contribution in [-0.2, 0) is 22.4 Å². The largest absolute Gasteiger partial charge is 0.357 e. The Balaban J connectivity index is 0.00000348. The number of hydrogen-bond acceptors (Lipinski definition) is 6. The Morgan fingerprint density at radius 2 is 0.510 bits per heavy atom. The van der Waals surface area contributed by atoms with Crippen LogP contribution in [0.25, 0.3) is 89.7 Å². The molecule has 17 heteroatoms. The van der Waals surface area contributed by atoms with Crippen LogP contribution in [0.1, 0.15) is 0 Å². The maximum Gasteiger partial charge on any atom is 0.0943 e. The third-order valence-electron chi connectivity index (χ3n) is 7.90. The molecule has 49 heavy (non-hydrogen) atoms. The van der Waals surface area contributed by atoms with Crippen LogP contribution in [0.5, 0.6) is 0 Å². The fourth-order valence-corrected chi connectivity index (χ4v) is 7.79. The van der Waals surface area contributed by atoms with E-state index in [9.17, 15) is 0 Å². The summed E-state index contributed by atoms with van der Waals surface area (Å²) in [4.78, 5) is 38.4. The summed E-state index contributed by atoms with van der Waals surface area (Å²) < 4.78 is 0. The second-order valence-corrected chi connectivity index (χ2v) is 13.9. The molecule has 2 aliphatic rings. The van der Waals surface area contributed by atoms with Crippen molar-refractivity contribution in [2.45, 2.75) is 0 Å². The predicted octanol–water partition coefficient (Wildman–Crippen LogP) is 11.4. The number of rotatable bonds is 0. The molecule has 0 unspecified atom stereocenters. The Kier molecular flexibility index (Phi) is 8.34. The van der Waals surface area contributed by atoms with Crippen molar-refractivity contribution in [2.24, 2.45) is 0 Å². The number of benzene rings is 4. The minimum atomic E-state index is 0. The number of aromatic nitrogens is 8. The van der Waals surface area contributed by atoms with E-state index in [1.165, 1.54) is 0 Å². The van der Waals surface area contributed by atoms with Crippen molar-refractivity contribution in [3.8, 4) is 45.6 Å². The van der Waals surface area contributed by atoms with Gasteiger partial charge in [-0.05, 0) is 48.5 Å². The molecule has 8 bridgehead atoms. The van der Waals surface area contributed by atoms with Crippen LogP contribution in [0.2, 0.25) is 40.2 Å². The van der Waals surface area contributed by atoms with E-state index < -0.39 is 0 Å². The molecule has 245 valence electrons. The van der Waals surface area contributed by atoms with Gasteiger partial charge < -0.3 is 29.9 Å². The molecular formula is C32H8AgCl8N8-2. The zero-order valence-corrected chi connectivity index (χ0v) is 31.1. The standard InChI is InChI=1S/C32H8Cl8N8.Ag/c33-9-1-2-10(34)18-17(9)25-41-26(18)46-28-21-13(37)5-6-14(38)22(21)30(43-28)48-32-24-16(40)8-7-15(39)23(24)31(44-32)47-29-20-12(36)4-3-11(35)19(20)27(42-29)45-25;/h1-8H;/q-2;. The van der Waals surface area contributed by atoms with E-state index in [1.54, 1.807) is 48.5 Å². The molecule has 2 aliphatic heterocycles. The van der Waals surface area contributed by atoms with Crippen LogP contribution in [0.3, 0.4) is 0 Å². The molecule has 7 aromatic rings. The van der Waals surface area contributed by atoms with Gasteiger partial charge in [-0.3, -0.25) is 0 Å². The molecule has 5 heterocycles. The van der Waals surface area contributed by atoms with Crippen LogP contribution in [0, 0.1) is 0 Å².